The van der Waals surface area contributed by atoms with Crippen molar-refractivity contribution in [3.63, 3.8) is 0 Å². The summed E-state index contributed by atoms with van der Waals surface area (Å²) < 4.78 is 21.8. The Morgan fingerprint density at radius 3 is 2.00 bits per heavy atom. The fraction of sp³-hybridized carbons (Fsp3) is 0.222. The molecule has 90 valence electrons. The first kappa shape index (κ1) is 14.2. The molecule has 0 saturated heterocycles. The number of hydrogen-bond acceptors (Lipinski definition) is 4. The van der Waals surface area contributed by atoms with Gasteiger partial charge < -0.3 is 15.5 Å². The van der Waals surface area contributed by atoms with Crippen LogP contribution in [-0.4, -0.2) is 38.0 Å². The van der Waals surface area contributed by atoms with Crippen LogP contribution < -0.4 is 5.32 Å². The number of carbonyl (C=O) groups is 1. The van der Waals surface area contributed by atoms with Crippen molar-refractivity contribution in [3.05, 3.63) is 24.3 Å². The molecule has 0 aliphatic heterocycles. The van der Waals surface area contributed by atoms with Gasteiger partial charge in [-0.1, -0.05) is 12.1 Å². The Hall–Kier alpha value is -1.76. The summed E-state index contributed by atoms with van der Waals surface area (Å²) in [6.45, 7) is 0. The summed E-state index contributed by atoms with van der Waals surface area (Å²) in [5.41, 5.74) is 0. The number of rotatable bonds is 1. The summed E-state index contributed by atoms with van der Waals surface area (Å²) in [5, 5.41) is 18.6. The lowest BCUT2D eigenvalue weighted by Gasteiger charge is -1.99. The van der Waals surface area contributed by atoms with Crippen LogP contribution >= 0.6 is 0 Å². The zero-order chi connectivity index (χ0) is 12.8. The fourth-order valence-electron chi connectivity index (χ4n) is 0.771. The highest BCUT2D eigenvalue weighted by Crippen LogP contribution is 2.20. The monoisotopic (exact) mass is 247 g/mol. The van der Waals surface area contributed by atoms with Crippen molar-refractivity contribution >= 4 is 15.9 Å². The molecule has 1 rings (SSSR count). The van der Waals surface area contributed by atoms with Gasteiger partial charge in [-0.2, -0.15) is 0 Å². The van der Waals surface area contributed by atoms with Gasteiger partial charge in [-0.05, 0) is 12.1 Å². The normalized spacial score (nSPS) is 9.88. The number of nitrogens with one attached hydrogen (secondary N) is 1. The molecule has 6 nitrogen and oxygen atoms in total. The molecule has 16 heavy (non-hydrogen) atoms. The van der Waals surface area contributed by atoms with Crippen molar-refractivity contribution in [1.29, 1.82) is 0 Å². The first-order chi connectivity index (χ1) is 7.29. The maximum atomic E-state index is 10.9. The molecule has 1 aromatic carbocycles. The number of para-hydroxylation sites is 1. The molecule has 0 aromatic heterocycles. The van der Waals surface area contributed by atoms with Crippen LogP contribution in [0, 0.1) is 0 Å². The molecule has 0 aliphatic carbocycles. The second-order valence-corrected chi connectivity index (χ2v) is 4.78. The Morgan fingerprint density at radius 1 is 1.31 bits per heavy atom. The van der Waals surface area contributed by atoms with Crippen LogP contribution in [0.1, 0.15) is 0 Å². The summed E-state index contributed by atoms with van der Waals surface area (Å²) in [5.74, 6) is -0.199. The summed E-state index contributed by atoms with van der Waals surface area (Å²) >= 11 is 0. The zero-order valence-electron chi connectivity index (χ0n) is 8.84. The van der Waals surface area contributed by atoms with Crippen molar-refractivity contribution in [2.45, 2.75) is 4.90 Å². The molecule has 7 heteroatoms. The lowest BCUT2D eigenvalue weighted by Crippen LogP contribution is -2.13. The van der Waals surface area contributed by atoms with Gasteiger partial charge in [0, 0.05) is 13.3 Å². The molecule has 0 spiro atoms. The van der Waals surface area contributed by atoms with Crippen LogP contribution in [-0.2, 0) is 9.84 Å². The Morgan fingerprint density at radius 2 is 1.75 bits per heavy atom. The molecule has 3 N–H and O–H groups in total. The van der Waals surface area contributed by atoms with E-state index in [-0.39, 0.29) is 10.6 Å². The number of benzene rings is 1. The van der Waals surface area contributed by atoms with E-state index in [1.807, 2.05) is 5.32 Å². The third-order valence-electron chi connectivity index (χ3n) is 1.48. The SMILES string of the molecule is CNC(=O)O.CS(=O)(=O)c1ccccc1O. The van der Waals surface area contributed by atoms with Crippen molar-refractivity contribution < 1.29 is 23.4 Å². The molecule has 0 unspecified atom stereocenters. The van der Waals surface area contributed by atoms with E-state index in [0.717, 1.165) is 6.26 Å². The lowest BCUT2D eigenvalue weighted by atomic mass is 10.3. The number of phenols is 1. The van der Waals surface area contributed by atoms with Crippen LogP contribution in [0.15, 0.2) is 29.2 Å². The van der Waals surface area contributed by atoms with Crippen LogP contribution in [0.25, 0.3) is 0 Å². The average molecular weight is 247 g/mol. The van der Waals surface area contributed by atoms with Gasteiger partial charge in [0.2, 0.25) is 0 Å². The van der Waals surface area contributed by atoms with Crippen molar-refractivity contribution in [2.24, 2.45) is 0 Å². The van der Waals surface area contributed by atoms with Crippen LogP contribution in [0.2, 0.25) is 0 Å². The second-order valence-electron chi connectivity index (χ2n) is 2.80. The molecule has 0 fully saturated rings. The molecule has 0 atom stereocenters. The highest BCUT2D eigenvalue weighted by Gasteiger charge is 2.10. The zero-order valence-corrected chi connectivity index (χ0v) is 9.65. The first-order valence-corrected chi connectivity index (χ1v) is 6.07. The van der Waals surface area contributed by atoms with E-state index < -0.39 is 15.9 Å². The third-order valence-corrected chi connectivity index (χ3v) is 2.62. The molecule has 0 heterocycles. The fourth-order valence-corrected chi connectivity index (χ4v) is 1.54. The topological polar surface area (TPSA) is 104 Å². The van der Waals surface area contributed by atoms with Crippen molar-refractivity contribution in [1.82, 2.24) is 5.32 Å². The van der Waals surface area contributed by atoms with Gasteiger partial charge in [-0.25, -0.2) is 13.2 Å². The highest BCUT2D eigenvalue weighted by atomic mass is 32.2. The first-order valence-electron chi connectivity index (χ1n) is 4.17. The Labute approximate surface area is 93.5 Å². The van der Waals surface area contributed by atoms with Crippen molar-refractivity contribution in [3.8, 4) is 5.75 Å². The van der Waals surface area contributed by atoms with E-state index in [1.54, 1.807) is 12.1 Å². The molecular weight excluding hydrogens is 234 g/mol. The van der Waals surface area contributed by atoms with Gasteiger partial charge in [0.25, 0.3) is 0 Å². The lowest BCUT2D eigenvalue weighted by molar-refractivity contribution is 0.197. The van der Waals surface area contributed by atoms with E-state index in [1.165, 1.54) is 19.2 Å². The molecule has 0 saturated carbocycles. The van der Waals surface area contributed by atoms with Gasteiger partial charge >= 0.3 is 6.09 Å². The predicted octanol–water partition coefficient (Wildman–Crippen LogP) is 0.679. The Kier molecular flexibility index (Phi) is 5.31. The molecule has 1 amide bonds. The molecule has 1 aromatic rings. The summed E-state index contributed by atoms with van der Waals surface area (Å²) in [7, 11) is -1.93. The predicted molar refractivity (Wildman–Crippen MR) is 58.3 cm³/mol. The maximum absolute atomic E-state index is 10.9. The average Bonchev–Trinajstić information content (AvgIpc) is 2.17. The summed E-state index contributed by atoms with van der Waals surface area (Å²) in [4.78, 5) is 9.23. The van der Waals surface area contributed by atoms with Crippen molar-refractivity contribution in [2.75, 3.05) is 13.3 Å². The third kappa shape index (κ3) is 5.20. The van der Waals surface area contributed by atoms with Gasteiger partial charge in [0.05, 0.1) is 0 Å². The van der Waals surface area contributed by atoms with Crippen LogP contribution in [0.4, 0.5) is 4.79 Å². The van der Waals surface area contributed by atoms with Gasteiger partial charge in [0.15, 0.2) is 9.84 Å². The number of carboxylic acid groups (broad SMARTS) is 1. The Bertz CT molecular complexity index is 455. The van der Waals surface area contributed by atoms with E-state index in [0.29, 0.717) is 0 Å². The quantitative estimate of drug-likeness (QED) is 0.677. The maximum Gasteiger partial charge on any atom is 0.404 e. The molecule has 0 radical (unpaired) electrons. The van der Waals surface area contributed by atoms with E-state index >= 15 is 0 Å². The van der Waals surface area contributed by atoms with E-state index in [4.69, 9.17) is 10.2 Å². The second kappa shape index (κ2) is 5.96. The van der Waals surface area contributed by atoms with Gasteiger partial charge in [0.1, 0.15) is 10.6 Å². The van der Waals surface area contributed by atoms with Gasteiger partial charge in [-0.15, -0.1) is 0 Å². The summed E-state index contributed by atoms with van der Waals surface area (Å²) in [6.07, 6.45) is 0.0622. The minimum atomic E-state index is -3.28. The number of phenolic OH excluding ortho intramolecular Hbond substituents is 1. The largest absolute Gasteiger partial charge is 0.507 e. The Balaban J connectivity index is 0.000000385. The highest BCUT2D eigenvalue weighted by molar-refractivity contribution is 7.90. The van der Waals surface area contributed by atoms with E-state index in [2.05, 4.69) is 0 Å². The van der Waals surface area contributed by atoms with E-state index in [9.17, 15) is 13.2 Å². The number of amides is 1. The molecule has 0 aliphatic rings. The van der Waals surface area contributed by atoms with Crippen LogP contribution in [0.3, 0.4) is 0 Å². The number of aromatic hydroxyl groups is 1. The molecular formula is C9H13NO5S. The number of hydrogen-bond donors (Lipinski definition) is 3. The minimum absolute atomic E-state index is 0.0278. The molecule has 0 bridgehead atoms. The number of sulfone groups is 1. The summed E-state index contributed by atoms with van der Waals surface area (Å²) in [6, 6.07) is 5.85. The minimum Gasteiger partial charge on any atom is -0.507 e. The van der Waals surface area contributed by atoms with Gasteiger partial charge in [-0.3, -0.25) is 0 Å². The van der Waals surface area contributed by atoms with Crippen LogP contribution in [0.5, 0.6) is 5.75 Å². The standard InChI is InChI=1S/C7H8O3S.C2H5NO2/c1-11(9,10)7-5-3-2-4-6(7)8;1-3-2(4)5/h2-5,8H,1H3;3H,1H3,(H,4,5). The smallest absolute Gasteiger partial charge is 0.404 e.